The van der Waals surface area contributed by atoms with Gasteiger partial charge in [-0.05, 0) is 36.8 Å². The van der Waals surface area contributed by atoms with Crippen LogP contribution in [0.5, 0.6) is 23.0 Å². The molecule has 0 spiro atoms. The fraction of sp³-hybridized carbons (Fsp3) is 0.400. The number of hydrogen-bond donors (Lipinski definition) is 1. The number of nitrogens with one attached hydrogen (secondary N) is 1. The highest BCUT2D eigenvalue weighted by atomic mass is 32.2. The zero-order valence-electron chi connectivity index (χ0n) is 15.6. The summed E-state index contributed by atoms with van der Waals surface area (Å²) in [5.41, 5.74) is 0.794. The summed E-state index contributed by atoms with van der Waals surface area (Å²) in [6, 6.07) is 9.69. The molecule has 0 bridgehead atoms. The van der Waals surface area contributed by atoms with E-state index in [0.29, 0.717) is 49.4 Å². The van der Waals surface area contributed by atoms with E-state index in [1.165, 1.54) is 12.1 Å². The maximum Gasteiger partial charge on any atom is 0.241 e. The van der Waals surface area contributed by atoms with E-state index in [0.717, 1.165) is 18.4 Å². The fourth-order valence-electron chi connectivity index (χ4n) is 3.13. The lowest BCUT2D eigenvalue weighted by Crippen LogP contribution is -2.27. The smallest absolute Gasteiger partial charge is 0.241 e. The fourth-order valence-corrected chi connectivity index (χ4v) is 4.38. The molecule has 1 N–H and O–H groups in total. The number of rotatable bonds is 4. The number of ether oxygens (including phenoxy) is 4. The lowest BCUT2D eigenvalue weighted by Gasteiger charge is -2.17. The van der Waals surface area contributed by atoms with Crippen molar-refractivity contribution in [2.75, 3.05) is 26.4 Å². The summed E-state index contributed by atoms with van der Waals surface area (Å²) in [6.07, 6.45) is 1.58. The van der Waals surface area contributed by atoms with E-state index in [9.17, 15) is 8.42 Å². The predicted molar refractivity (Wildman–Crippen MR) is 103 cm³/mol. The molecule has 28 heavy (non-hydrogen) atoms. The van der Waals surface area contributed by atoms with E-state index in [4.69, 9.17) is 18.9 Å². The van der Waals surface area contributed by atoms with Crippen molar-refractivity contribution >= 4 is 10.0 Å². The van der Waals surface area contributed by atoms with Crippen LogP contribution in [0.15, 0.2) is 41.3 Å². The molecule has 1 atom stereocenters. The Morgan fingerprint density at radius 2 is 1.32 bits per heavy atom. The Bertz CT molecular complexity index is 959. The summed E-state index contributed by atoms with van der Waals surface area (Å²) in [5, 5.41) is 0. The predicted octanol–water partition coefficient (Wildman–Crippen LogP) is 3.05. The minimum atomic E-state index is -3.74. The summed E-state index contributed by atoms with van der Waals surface area (Å²) < 4.78 is 50.9. The minimum Gasteiger partial charge on any atom is -0.490 e. The van der Waals surface area contributed by atoms with Crippen LogP contribution in [0.4, 0.5) is 0 Å². The minimum absolute atomic E-state index is 0.137. The molecule has 0 amide bonds. The second kappa shape index (κ2) is 7.89. The first kappa shape index (κ1) is 18.9. The molecule has 7 nitrogen and oxygen atoms in total. The Morgan fingerprint density at radius 1 is 0.786 bits per heavy atom. The molecule has 0 aromatic heterocycles. The van der Waals surface area contributed by atoms with E-state index in [-0.39, 0.29) is 4.90 Å². The van der Waals surface area contributed by atoms with Gasteiger partial charge in [-0.15, -0.1) is 0 Å². The molecule has 8 heteroatoms. The van der Waals surface area contributed by atoms with Gasteiger partial charge in [-0.25, -0.2) is 13.1 Å². The van der Waals surface area contributed by atoms with Crippen LogP contribution >= 0.6 is 0 Å². The monoisotopic (exact) mass is 405 g/mol. The van der Waals surface area contributed by atoms with Gasteiger partial charge < -0.3 is 18.9 Å². The molecule has 0 unspecified atom stereocenters. The maximum absolute atomic E-state index is 12.9. The molecule has 4 rings (SSSR count). The Kier molecular flexibility index (Phi) is 5.32. The van der Waals surface area contributed by atoms with Gasteiger partial charge in [-0.3, -0.25) is 0 Å². The van der Waals surface area contributed by atoms with Crippen LogP contribution in [-0.4, -0.2) is 34.8 Å². The van der Waals surface area contributed by atoms with E-state index in [2.05, 4.69) is 4.72 Å². The van der Waals surface area contributed by atoms with E-state index in [1.54, 1.807) is 13.0 Å². The van der Waals surface area contributed by atoms with Gasteiger partial charge in [0.05, 0.1) is 31.3 Å². The van der Waals surface area contributed by atoms with Crippen LogP contribution in [0.2, 0.25) is 0 Å². The molecule has 2 aromatic rings. The first-order valence-electron chi connectivity index (χ1n) is 9.34. The number of sulfonamides is 1. The third-order valence-electron chi connectivity index (χ3n) is 4.63. The number of fused-ring (bicyclic) bond motifs is 2. The highest BCUT2D eigenvalue weighted by molar-refractivity contribution is 7.89. The maximum atomic E-state index is 12.9. The summed E-state index contributed by atoms with van der Waals surface area (Å²) >= 11 is 0. The third kappa shape index (κ3) is 4.02. The summed E-state index contributed by atoms with van der Waals surface area (Å²) in [4.78, 5) is 0.137. The standard InChI is InChI=1S/C20H23NO6S/c1-14(15-4-6-17-19(12-15)26-10-2-8-24-17)21-28(22,23)16-5-7-18-20(13-16)27-11-3-9-25-18/h4-7,12-14,21H,2-3,8-11H2,1H3/t14-/m1/s1. The van der Waals surface area contributed by atoms with Crippen molar-refractivity contribution in [3.63, 3.8) is 0 Å². The molecule has 0 saturated carbocycles. The van der Waals surface area contributed by atoms with Crippen LogP contribution in [0.1, 0.15) is 31.4 Å². The van der Waals surface area contributed by atoms with Crippen LogP contribution in [0.25, 0.3) is 0 Å². The molecular weight excluding hydrogens is 382 g/mol. The van der Waals surface area contributed by atoms with E-state index in [1.807, 2.05) is 18.2 Å². The lowest BCUT2D eigenvalue weighted by molar-refractivity contribution is 0.296. The first-order valence-corrected chi connectivity index (χ1v) is 10.8. The van der Waals surface area contributed by atoms with Crippen molar-refractivity contribution < 1.29 is 27.4 Å². The molecule has 2 aromatic carbocycles. The van der Waals surface area contributed by atoms with Gasteiger partial charge in [0.25, 0.3) is 0 Å². The Hall–Kier alpha value is -2.45. The zero-order valence-corrected chi connectivity index (χ0v) is 16.5. The summed E-state index contributed by atoms with van der Waals surface area (Å²) in [5.74, 6) is 2.33. The van der Waals surface area contributed by atoms with Gasteiger partial charge in [-0.1, -0.05) is 6.07 Å². The molecule has 2 aliphatic heterocycles. The van der Waals surface area contributed by atoms with Crippen LogP contribution in [0.3, 0.4) is 0 Å². The molecule has 150 valence electrons. The lowest BCUT2D eigenvalue weighted by atomic mass is 10.1. The average molecular weight is 405 g/mol. The van der Waals surface area contributed by atoms with Gasteiger partial charge in [0.2, 0.25) is 10.0 Å². The topological polar surface area (TPSA) is 83.1 Å². The van der Waals surface area contributed by atoms with Crippen LogP contribution in [0, 0.1) is 0 Å². The van der Waals surface area contributed by atoms with Gasteiger partial charge in [-0.2, -0.15) is 0 Å². The van der Waals surface area contributed by atoms with Crippen molar-refractivity contribution in [3.05, 3.63) is 42.0 Å². The molecule has 2 aliphatic rings. The van der Waals surface area contributed by atoms with Gasteiger partial charge in [0.15, 0.2) is 23.0 Å². The van der Waals surface area contributed by atoms with Crippen LogP contribution < -0.4 is 23.7 Å². The molecular formula is C20H23NO6S. The Balaban J connectivity index is 1.54. The van der Waals surface area contributed by atoms with Gasteiger partial charge >= 0.3 is 0 Å². The van der Waals surface area contributed by atoms with E-state index < -0.39 is 16.1 Å². The van der Waals surface area contributed by atoms with Crippen molar-refractivity contribution in [1.82, 2.24) is 4.72 Å². The van der Waals surface area contributed by atoms with Crippen LogP contribution in [-0.2, 0) is 10.0 Å². The largest absolute Gasteiger partial charge is 0.490 e. The third-order valence-corrected chi connectivity index (χ3v) is 6.17. The molecule has 0 aliphatic carbocycles. The SMILES string of the molecule is C[C@@H](NS(=O)(=O)c1ccc2c(c1)OCCCO2)c1ccc2c(c1)OCCCO2. The zero-order chi connectivity index (χ0) is 19.6. The molecule has 2 heterocycles. The van der Waals surface area contributed by atoms with Gasteiger partial charge in [0, 0.05) is 24.9 Å². The number of benzene rings is 2. The molecule has 0 radical (unpaired) electrons. The molecule has 0 fully saturated rings. The Morgan fingerprint density at radius 3 is 1.96 bits per heavy atom. The normalized spacial score (nSPS) is 17.3. The highest BCUT2D eigenvalue weighted by Gasteiger charge is 2.22. The number of hydrogen-bond acceptors (Lipinski definition) is 6. The second-order valence-electron chi connectivity index (χ2n) is 6.76. The van der Waals surface area contributed by atoms with Crippen molar-refractivity contribution in [2.45, 2.75) is 30.7 Å². The molecule has 0 saturated heterocycles. The Labute approximate surface area is 164 Å². The summed E-state index contributed by atoms with van der Waals surface area (Å²) in [7, 11) is -3.74. The van der Waals surface area contributed by atoms with Gasteiger partial charge in [0.1, 0.15) is 0 Å². The van der Waals surface area contributed by atoms with Crippen molar-refractivity contribution in [2.24, 2.45) is 0 Å². The summed E-state index contributed by atoms with van der Waals surface area (Å²) in [6.45, 7) is 4.03. The quantitative estimate of drug-likeness (QED) is 0.842. The highest BCUT2D eigenvalue weighted by Crippen LogP contribution is 2.34. The van der Waals surface area contributed by atoms with Crippen molar-refractivity contribution in [3.8, 4) is 23.0 Å². The first-order chi connectivity index (χ1) is 13.5. The van der Waals surface area contributed by atoms with E-state index >= 15 is 0 Å². The average Bonchev–Trinajstić information content (AvgIpc) is 3.06. The van der Waals surface area contributed by atoms with Crippen molar-refractivity contribution in [1.29, 1.82) is 0 Å². The second-order valence-corrected chi connectivity index (χ2v) is 8.47.